The number of aliphatic hydroxyl groups excluding tert-OH is 1. The number of ether oxygens (including phenoxy) is 2. The molecule has 0 saturated carbocycles. The van der Waals surface area contributed by atoms with Crippen molar-refractivity contribution in [2.45, 2.75) is 43.9 Å². The molecule has 0 bridgehead atoms. The number of benzene rings is 1. The molecule has 2 heterocycles. The molecule has 1 aliphatic carbocycles. The van der Waals surface area contributed by atoms with E-state index < -0.39 is 6.10 Å². The maximum Gasteiger partial charge on any atom is 0.166 e. The van der Waals surface area contributed by atoms with Gasteiger partial charge < -0.3 is 19.1 Å². The van der Waals surface area contributed by atoms with Crippen molar-refractivity contribution in [3.05, 3.63) is 35.4 Å². The summed E-state index contributed by atoms with van der Waals surface area (Å²) in [5.41, 5.74) is 2.57. The highest BCUT2D eigenvalue weighted by Crippen LogP contribution is 2.56. The van der Waals surface area contributed by atoms with Crippen molar-refractivity contribution in [2.75, 3.05) is 27.2 Å². The molecule has 1 N–H and O–H groups in total. The molecule has 2 aliphatic heterocycles. The first-order valence-corrected chi connectivity index (χ1v) is 8.59. The lowest BCUT2D eigenvalue weighted by atomic mass is 9.69. The maximum absolute atomic E-state index is 10.1. The Bertz CT molecular complexity index is 671. The molecule has 0 radical (unpaired) electrons. The zero-order valence-corrected chi connectivity index (χ0v) is 14.2. The van der Waals surface area contributed by atoms with Crippen molar-refractivity contribution in [3.8, 4) is 11.5 Å². The second kappa shape index (κ2) is 4.99. The Kier molecular flexibility index (Phi) is 3.26. The van der Waals surface area contributed by atoms with Gasteiger partial charge in [-0.25, -0.2) is 0 Å². The number of quaternary nitrogens is 1. The molecule has 4 heteroatoms. The van der Waals surface area contributed by atoms with E-state index in [9.17, 15) is 5.11 Å². The number of hydrogen-bond acceptors (Lipinski definition) is 3. The zero-order valence-electron chi connectivity index (χ0n) is 14.2. The Morgan fingerprint density at radius 2 is 2.26 bits per heavy atom. The molecule has 3 aliphatic rings. The zero-order chi connectivity index (χ0) is 16.2. The lowest BCUT2D eigenvalue weighted by Gasteiger charge is -2.37. The van der Waals surface area contributed by atoms with Crippen LogP contribution in [-0.4, -0.2) is 49.0 Å². The monoisotopic (exact) mass is 316 g/mol. The van der Waals surface area contributed by atoms with E-state index in [-0.39, 0.29) is 11.5 Å². The lowest BCUT2D eigenvalue weighted by Crippen LogP contribution is -2.46. The van der Waals surface area contributed by atoms with Crippen LogP contribution in [0.2, 0.25) is 0 Å². The molecule has 4 nitrogen and oxygen atoms in total. The molecule has 124 valence electrons. The molecular weight excluding hydrogens is 290 g/mol. The molecule has 0 fully saturated rings. The summed E-state index contributed by atoms with van der Waals surface area (Å²) in [7, 11) is 4.04. The third-order valence-corrected chi connectivity index (χ3v) is 6.18. The first-order valence-electron chi connectivity index (χ1n) is 8.59. The average Bonchev–Trinajstić information content (AvgIpc) is 2.81. The van der Waals surface area contributed by atoms with Gasteiger partial charge in [0.2, 0.25) is 0 Å². The van der Waals surface area contributed by atoms with Crippen LogP contribution in [0.4, 0.5) is 0 Å². The van der Waals surface area contributed by atoms with E-state index in [1.165, 1.54) is 11.1 Å². The van der Waals surface area contributed by atoms with Crippen molar-refractivity contribution in [2.24, 2.45) is 0 Å². The van der Waals surface area contributed by atoms with E-state index >= 15 is 0 Å². The van der Waals surface area contributed by atoms with Crippen LogP contribution in [0.15, 0.2) is 24.3 Å². The fourth-order valence-electron chi connectivity index (χ4n) is 4.55. The number of methoxy groups -OCH3 is 1. The minimum atomic E-state index is -0.412. The minimum absolute atomic E-state index is 0.0101. The van der Waals surface area contributed by atoms with Crippen LogP contribution in [0, 0.1) is 0 Å². The third kappa shape index (κ3) is 2.05. The lowest BCUT2D eigenvalue weighted by molar-refractivity contribution is -0.920. The Morgan fingerprint density at radius 1 is 1.43 bits per heavy atom. The van der Waals surface area contributed by atoms with Crippen LogP contribution < -0.4 is 9.47 Å². The summed E-state index contributed by atoms with van der Waals surface area (Å²) in [6.07, 6.45) is 5.48. The topological polar surface area (TPSA) is 38.7 Å². The predicted molar refractivity (Wildman–Crippen MR) is 88.8 cm³/mol. The van der Waals surface area contributed by atoms with Crippen LogP contribution in [0.25, 0.3) is 0 Å². The average molecular weight is 316 g/mol. The van der Waals surface area contributed by atoms with Crippen LogP contribution in [0.5, 0.6) is 11.5 Å². The van der Waals surface area contributed by atoms with Crippen LogP contribution in [-0.2, 0) is 12.0 Å². The van der Waals surface area contributed by atoms with E-state index in [0.29, 0.717) is 6.42 Å². The maximum atomic E-state index is 10.1. The molecule has 0 saturated heterocycles. The second-order valence-electron chi connectivity index (χ2n) is 7.51. The SMILES string of the molecule is CC[N+]1(C)CCC23C=CC(O)CC2Oc2c(OC)ccc(c23)C1. The van der Waals surface area contributed by atoms with Gasteiger partial charge in [-0.2, -0.15) is 0 Å². The molecule has 1 aromatic carbocycles. The third-order valence-electron chi connectivity index (χ3n) is 6.18. The summed E-state index contributed by atoms with van der Waals surface area (Å²) < 4.78 is 12.9. The first-order chi connectivity index (χ1) is 11.0. The predicted octanol–water partition coefficient (Wildman–Crippen LogP) is 2.39. The van der Waals surface area contributed by atoms with Crippen LogP contribution in [0.1, 0.15) is 30.9 Å². The van der Waals surface area contributed by atoms with Crippen molar-refractivity contribution in [1.82, 2.24) is 0 Å². The number of hydrogen-bond donors (Lipinski definition) is 1. The van der Waals surface area contributed by atoms with Crippen molar-refractivity contribution in [3.63, 3.8) is 0 Å². The molecule has 0 aromatic heterocycles. The summed E-state index contributed by atoms with van der Waals surface area (Å²) in [6, 6.07) is 4.24. The van der Waals surface area contributed by atoms with Gasteiger partial charge >= 0.3 is 0 Å². The van der Waals surface area contributed by atoms with Crippen LogP contribution in [0.3, 0.4) is 0 Å². The van der Waals surface area contributed by atoms with E-state index in [2.05, 4.69) is 26.1 Å². The number of aliphatic hydroxyl groups is 1. The van der Waals surface area contributed by atoms with Gasteiger partial charge in [-0.15, -0.1) is 0 Å². The summed E-state index contributed by atoms with van der Waals surface area (Å²) in [5, 5.41) is 10.1. The van der Waals surface area contributed by atoms with E-state index in [4.69, 9.17) is 9.47 Å². The Hall–Kier alpha value is -1.52. The first kappa shape index (κ1) is 15.0. The van der Waals surface area contributed by atoms with Gasteiger partial charge in [-0.05, 0) is 19.1 Å². The highest BCUT2D eigenvalue weighted by molar-refractivity contribution is 5.60. The molecule has 4 rings (SSSR count). The van der Waals surface area contributed by atoms with E-state index in [0.717, 1.165) is 42.0 Å². The minimum Gasteiger partial charge on any atom is -0.493 e. The molecule has 1 spiro atoms. The summed E-state index contributed by atoms with van der Waals surface area (Å²) >= 11 is 0. The van der Waals surface area contributed by atoms with E-state index in [1.54, 1.807) is 7.11 Å². The smallest absolute Gasteiger partial charge is 0.166 e. The molecule has 1 aromatic rings. The van der Waals surface area contributed by atoms with Crippen LogP contribution >= 0.6 is 0 Å². The summed E-state index contributed by atoms with van der Waals surface area (Å²) in [5.74, 6) is 1.71. The fourth-order valence-corrected chi connectivity index (χ4v) is 4.55. The van der Waals surface area contributed by atoms with Gasteiger partial charge in [-0.3, -0.25) is 0 Å². The number of nitrogens with zero attached hydrogens (tertiary/aromatic N) is 1. The molecular formula is C19H26NO3+. The van der Waals surface area contributed by atoms with Gasteiger partial charge in [0.25, 0.3) is 0 Å². The quantitative estimate of drug-likeness (QED) is 0.672. The Balaban J connectivity index is 1.94. The van der Waals surface area contributed by atoms with Crippen molar-refractivity contribution in [1.29, 1.82) is 0 Å². The Morgan fingerprint density at radius 3 is 3.00 bits per heavy atom. The molecule has 23 heavy (non-hydrogen) atoms. The standard InChI is InChI=1S/C19H26NO3/c1-4-20(2)10-9-19-8-7-14(21)11-16(19)23-18-15(22-3)6-5-13(12-20)17(18)19/h5-8,14,16,21H,4,9-12H2,1-3H3/q+1. The van der Waals surface area contributed by atoms with Gasteiger partial charge in [0.15, 0.2) is 11.5 Å². The largest absolute Gasteiger partial charge is 0.493 e. The summed E-state index contributed by atoms with van der Waals surface area (Å²) in [4.78, 5) is 0. The van der Waals surface area contributed by atoms with E-state index in [1.807, 2.05) is 12.1 Å². The highest BCUT2D eigenvalue weighted by Gasteiger charge is 2.54. The Labute approximate surface area is 137 Å². The fraction of sp³-hybridized carbons (Fsp3) is 0.579. The van der Waals surface area contributed by atoms with Crippen molar-refractivity contribution < 1.29 is 19.1 Å². The van der Waals surface area contributed by atoms with Gasteiger partial charge in [0.05, 0.1) is 38.8 Å². The molecule has 0 amide bonds. The van der Waals surface area contributed by atoms with Gasteiger partial charge in [-0.1, -0.05) is 12.2 Å². The highest BCUT2D eigenvalue weighted by atomic mass is 16.5. The second-order valence-corrected chi connectivity index (χ2v) is 7.51. The van der Waals surface area contributed by atoms with Gasteiger partial charge in [0, 0.05) is 24.0 Å². The molecule has 4 atom stereocenters. The number of rotatable bonds is 2. The summed E-state index contributed by atoms with van der Waals surface area (Å²) in [6.45, 7) is 5.53. The molecule has 4 unspecified atom stereocenters. The van der Waals surface area contributed by atoms with Crippen molar-refractivity contribution >= 4 is 0 Å². The van der Waals surface area contributed by atoms with Gasteiger partial charge in [0.1, 0.15) is 12.6 Å². The normalized spacial score (nSPS) is 37.6.